The molecule has 0 bridgehead atoms. The zero-order valence-corrected chi connectivity index (χ0v) is 18.7. The molecule has 0 saturated carbocycles. The minimum atomic E-state index is -1.70. The van der Waals surface area contributed by atoms with Crippen LogP contribution in [-0.4, -0.2) is 54.6 Å². The summed E-state index contributed by atoms with van der Waals surface area (Å²) in [6, 6.07) is 14.4. The molecule has 5 heterocycles. The summed E-state index contributed by atoms with van der Waals surface area (Å²) >= 11 is 0. The van der Waals surface area contributed by atoms with Crippen molar-refractivity contribution in [3.63, 3.8) is 0 Å². The number of aromatic nitrogens is 5. The quantitative estimate of drug-likeness (QED) is 0.449. The molecule has 0 aromatic carbocycles. The maximum absolute atomic E-state index is 12.4. The molecule has 0 unspecified atom stereocenters. The van der Waals surface area contributed by atoms with Crippen molar-refractivity contribution >= 4 is 11.9 Å². The summed E-state index contributed by atoms with van der Waals surface area (Å²) in [7, 11) is 1.64. The molecule has 4 aromatic rings. The van der Waals surface area contributed by atoms with E-state index in [0.29, 0.717) is 35.3 Å². The van der Waals surface area contributed by atoms with Gasteiger partial charge in [0, 0.05) is 38.5 Å². The number of hydrogen-bond donors (Lipinski definition) is 2. The smallest absolute Gasteiger partial charge is 0.262 e. The number of carbonyl (C=O) groups excluding carboxylic acids is 1. The van der Waals surface area contributed by atoms with Crippen molar-refractivity contribution in [3.05, 3.63) is 72.4 Å². The molecule has 172 valence electrons. The van der Waals surface area contributed by atoms with E-state index in [-0.39, 0.29) is 18.2 Å². The van der Waals surface area contributed by atoms with Crippen LogP contribution in [-0.2, 0) is 10.4 Å². The number of rotatable bonds is 6. The predicted molar refractivity (Wildman–Crippen MR) is 123 cm³/mol. The zero-order valence-electron chi connectivity index (χ0n) is 18.7. The number of hydrogen-bond acceptors (Lipinski definition) is 9. The van der Waals surface area contributed by atoms with Crippen LogP contribution in [0.5, 0.6) is 0 Å². The highest BCUT2D eigenvalue weighted by atomic mass is 16.5. The van der Waals surface area contributed by atoms with Gasteiger partial charge >= 0.3 is 0 Å². The van der Waals surface area contributed by atoms with Crippen LogP contribution >= 0.6 is 0 Å². The molecule has 1 aliphatic heterocycles. The molecule has 0 aliphatic carbocycles. The topological polar surface area (TPSA) is 130 Å². The number of amides is 1. The molecule has 0 spiro atoms. The standard InChI is InChI=1S/C24H23N7O3/c1-15(16-6-3-4-11-25-16)27-23-26-12-9-19(29-23)17-7-5-8-18(28-17)20-14-21(34-30-20)24(33)10-13-31(2)22(24)32/h3-9,11-12,14-15,33H,10,13H2,1-2H3,(H,26,27,29)/t15-,24+/m0/s1. The molecule has 5 rings (SSSR count). The summed E-state index contributed by atoms with van der Waals surface area (Å²) in [6.07, 6.45) is 3.66. The SMILES string of the molecule is C[C@H](Nc1nccc(-c2cccc(-c3cc([C@]4(O)CCN(C)C4=O)on3)n2)n1)c1ccccn1. The number of likely N-dealkylation sites (tertiary alicyclic amines) is 1. The fraction of sp³-hybridized carbons (Fsp3) is 0.250. The Morgan fingerprint density at radius 2 is 1.82 bits per heavy atom. The van der Waals surface area contributed by atoms with E-state index in [9.17, 15) is 9.90 Å². The van der Waals surface area contributed by atoms with Crippen LogP contribution in [0.1, 0.15) is 30.8 Å². The third-order valence-corrected chi connectivity index (χ3v) is 5.83. The minimum Gasteiger partial charge on any atom is -0.373 e. The van der Waals surface area contributed by atoms with Crippen molar-refractivity contribution in [2.24, 2.45) is 0 Å². The summed E-state index contributed by atoms with van der Waals surface area (Å²) in [5.74, 6) is 0.164. The Bertz CT molecular complexity index is 1330. The number of nitrogens with zero attached hydrogens (tertiary/aromatic N) is 6. The lowest BCUT2D eigenvalue weighted by Crippen LogP contribution is -2.35. The molecule has 4 aromatic heterocycles. The number of pyridine rings is 2. The van der Waals surface area contributed by atoms with Gasteiger partial charge < -0.3 is 19.8 Å². The zero-order chi connectivity index (χ0) is 23.7. The molecule has 10 heteroatoms. The molecule has 1 aliphatic rings. The van der Waals surface area contributed by atoms with Crippen LogP contribution in [0, 0.1) is 0 Å². The van der Waals surface area contributed by atoms with E-state index in [1.165, 1.54) is 4.90 Å². The largest absolute Gasteiger partial charge is 0.373 e. The van der Waals surface area contributed by atoms with Gasteiger partial charge in [0.25, 0.3) is 5.91 Å². The molecule has 2 atom stereocenters. The second-order valence-corrected chi connectivity index (χ2v) is 8.21. The van der Waals surface area contributed by atoms with Crippen molar-refractivity contribution in [1.82, 2.24) is 30.0 Å². The van der Waals surface area contributed by atoms with Crippen molar-refractivity contribution in [1.29, 1.82) is 0 Å². The van der Waals surface area contributed by atoms with Crippen LogP contribution in [0.15, 0.2) is 65.4 Å². The lowest BCUT2D eigenvalue weighted by atomic mass is 9.98. The molecule has 1 fully saturated rings. The Hall–Kier alpha value is -4.18. The number of aliphatic hydroxyl groups is 1. The third kappa shape index (κ3) is 3.99. The van der Waals surface area contributed by atoms with E-state index in [4.69, 9.17) is 4.52 Å². The number of likely N-dealkylation sites (N-methyl/N-ethyl adjacent to an activating group) is 1. The van der Waals surface area contributed by atoms with Crippen LogP contribution in [0.2, 0.25) is 0 Å². The van der Waals surface area contributed by atoms with E-state index in [1.807, 2.05) is 37.3 Å². The first-order valence-corrected chi connectivity index (χ1v) is 10.9. The van der Waals surface area contributed by atoms with Crippen molar-refractivity contribution in [2.75, 3.05) is 18.9 Å². The molecule has 0 radical (unpaired) electrons. The van der Waals surface area contributed by atoms with Crippen molar-refractivity contribution < 1.29 is 14.4 Å². The highest BCUT2D eigenvalue weighted by Gasteiger charge is 2.48. The molecule has 10 nitrogen and oxygen atoms in total. The Balaban J connectivity index is 1.39. The van der Waals surface area contributed by atoms with Gasteiger partial charge in [0.1, 0.15) is 5.69 Å². The van der Waals surface area contributed by atoms with E-state index in [2.05, 4.69) is 30.4 Å². The predicted octanol–water partition coefficient (Wildman–Crippen LogP) is 2.81. The third-order valence-electron chi connectivity index (χ3n) is 5.83. The molecular weight excluding hydrogens is 434 g/mol. The lowest BCUT2D eigenvalue weighted by Gasteiger charge is -2.16. The van der Waals surface area contributed by atoms with Gasteiger partial charge in [-0.3, -0.25) is 9.78 Å². The van der Waals surface area contributed by atoms with Gasteiger partial charge in [-0.15, -0.1) is 0 Å². The molecular formula is C24H23N7O3. The van der Waals surface area contributed by atoms with Gasteiger partial charge in [-0.05, 0) is 37.3 Å². The summed E-state index contributed by atoms with van der Waals surface area (Å²) in [5.41, 5.74) is 1.38. The lowest BCUT2D eigenvalue weighted by molar-refractivity contribution is -0.144. The van der Waals surface area contributed by atoms with E-state index < -0.39 is 11.5 Å². The summed E-state index contributed by atoms with van der Waals surface area (Å²) in [4.78, 5) is 31.7. The van der Waals surface area contributed by atoms with Crippen LogP contribution in [0.4, 0.5) is 5.95 Å². The van der Waals surface area contributed by atoms with Gasteiger partial charge in [0.05, 0.1) is 28.8 Å². The number of nitrogens with one attached hydrogen (secondary N) is 1. The number of anilines is 1. The van der Waals surface area contributed by atoms with Gasteiger partial charge in [0.2, 0.25) is 11.5 Å². The molecule has 2 N–H and O–H groups in total. The average Bonchev–Trinajstić information content (AvgIpc) is 3.47. The number of carbonyl (C=O) groups is 1. The summed E-state index contributed by atoms with van der Waals surface area (Å²) < 4.78 is 5.35. The van der Waals surface area contributed by atoms with Crippen molar-refractivity contribution in [2.45, 2.75) is 25.0 Å². The fourth-order valence-corrected chi connectivity index (χ4v) is 3.86. The van der Waals surface area contributed by atoms with Crippen molar-refractivity contribution in [3.8, 4) is 22.8 Å². The van der Waals surface area contributed by atoms with Gasteiger partial charge in [-0.2, -0.15) is 0 Å². The Kier molecular flexibility index (Phi) is 5.50. The molecule has 1 amide bonds. The van der Waals surface area contributed by atoms with Crippen LogP contribution < -0.4 is 5.32 Å². The Morgan fingerprint density at radius 3 is 2.56 bits per heavy atom. The van der Waals surface area contributed by atoms with Gasteiger partial charge in [0.15, 0.2) is 5.76 Å². The molecule has 1 saturated heterocycles. The average molecular weight is 457 g/mol. The van der Waals surface area contributed by atoms with Crippen LogP contribution in [0.25, 0.3) is 22.8 Å². The highest BCUT2D eigenvalue weighted by molar-refractivity contribution is 5.87. The monoisotopic (exact) mass is 457 g/mol. The van der Waals surface area contributed by atoms with Gasteiger partial charge in [-0.1, -0.05) is 17.3 Å². The first kappa shape index (κ1) is 21.7. The van der Waals surface area contributed by atoms with Gasteiger partial charge in [-0.25, -0.2) is 15.0 Å². The van der Waals surface area contributed by atoms with E-state index in [0.717, 1.165) is 5.69 Å². The normalized spacial score (nSPS) is 18.8. The Morgan fingerprint density at radius 1 is 1.03 bits per heavy atom. The maximum atomic E-state index is 12.4. The maximum Gasteiger partial charge on any atom is 0.262 e. The first-order valence-electron chi connectivity index (χ1n) is 10.9. The summed E-state index contributed by atoms with van der Waals surface area (Å²) in [5, 5.41) is 18.1. The summed E-state index contributed by atoms with van der Waals surface area (Å²) in [6.45, 7) is 2.43. The van der Waals surface area contributed by atoms with Crippen LogP contribution in [0.3, 0.4) is 0 Å². The fourth-order valence-electron chi connectivity index (χ4n) is 3.86. The minimum absolute atomic E-state index is 0.0764. The molecule has 34 heavy (non-hydrogen) atoms. The second-order valence-electron chi connectivity index (χ2n) is 8.21. The second kappa shape index (κ2) is 8.64. The van der Waals surface area contributed by atoms with E-state index in [1.54, 1.807) is 37.6 Å². The first-order chi connectivity index (χ1) is 16.4. The van der Waals surface area contributed by atoms with E-state index >= 15 is 0 Å². The highest BCUT2D eigenvalue weighted by Crippen LogP contribution is 2.34. The Labute approximate surface area is 195 Å².